The van der Waals surface area contributed by atoms with Crippen LogP contribution in [-0.2, 0) is 4.79 Å². The van der Waals surface area contributed by atoms with Crippen LogP contribution in [0, 0.1) is 0 Å². The quantitative estimate of drug-likeness (QED) is 0.329. The number of benzene rings is 2. The molecule has 1 saturated heterocycles. The van der Waals surface area contributed by atoms with Crippen molar-refractivity contribution < 1.29 is 14.0 Å². The van der Waals surface area contributed by atoms with Crippen LogP contribution in [0.5, 0.6) is 0 Å². The number of nitrogens with zero attached hydrogens (tertiary/aromatic N) is 5. The maximum absolute atomic E-state index is 12.9. The highest BCUT2D eigenvalue weighted by Gasteiger charge is 2.26. The third kappa shape index (κ3) is 5.64. The molecule has 0 atom stereocenters. The van der Waals surface area contributed by atoms with Crippen molar-refractivity contribution in [3.63, 3.8) is 0 Å². The highest BCUT2D eigenvalue weighted by Crippen LogP contribution is 2.24. The summed E-state index contributed by atoms with van der Waals surface area (Å²) in [5.74, 6) is 0.556. The van der Waals surface area contributed by atoms with E-state index in [-0.39, 0.29) is 30.7 Å². The van der Waals surface area contributed by atoms with Gasteiger partial charge >= 0.3 is 0 Å². The number of carbonyl (C=O) groups is 2. The lowest BCUT2D eigenvalue weighted by Crippen LogP contribution is -2.52. The summed E-state index contributed by atoms with van der Waals surface area (Å²) in [4.78, 5) is 30.9. The molecule has 4 aromatic rings. The van der Waals surface area contributed by atoms with Gasteiger partial charge < -0.3 is 19.1 Å². The number of rotatable bonds is 8. The normalized spacial score (nSPS) is 13.3. The fourth-order valence-corrected chi connectivity index (χ4v) is 4.49. The fourth-order valence-electron chi connectivity index (χ4n) is 4.49. The molecule has 0 N–H and O–H groups in total. The minimum atomic E-state index is -0.327. The van der Waals surface area contributed by atoms with Crippen LogP contribution in [0.2, 0.25) is 0 Å². The Morgan fingerprint density at radius 3 is 2.18 bits per heavy atom. The molecule has 192 valence electrons. The number of hydrogen-bond acceptors (Lipinski definition) is 6. The Bertz CT molecular complexity index is 1360. The van der Waals surface area contributed by atoms with Gasteiger partial charge in [-0.1, -0.05) is 60.7 Å². The van der Waals surface area contributed by atoms with Crippen LogP contribution in [0.3, 0.4) is 0 Å². The van der Waals surface area contributed by atoms with Gasteiger partial charge in [0.1, 0.15) is 6.54 Å². The average Bonchev–Trinajstić information content (AvgIpc) is 3.53. The predicted octanol–water partition coefficient (Wildman–Crippen LogP) is 4.38. The third-order valence-electron chi connectivity index (χ3n) is 6.59. The maximum Gasteiger partial charge on any atom is 0.290 e. The smallest absolute Gasteiger partial charge is 0.290 e. The van der Waals surface area contributed by atoms with Gasteiger partial charge in [-0.15, -0.1) is 16.8 Å². The van der Waals surface area contributed by atoms with Crippen molar-refractivity contribution in [2.24, 2.45) is 0 Å². The maximum atomic E-state index is 12.9. The first-order chi connectivity index (χ1) is 18.6. The molecule has 0 unspecified atom stereocenters. The monoisotopic (exact) mass is 507 g/mol. The molecule has 1 aliphatic rings. The van der Waals surface area contributed by atoms with Crippen molar-refractivity contribution in [3.8, 4) is 22.4 Å². The number of hydrogen-bond donors (Lipinski definition) is 0. The van der Waals surface area contributed by atoms with E-state index < -0.39 is 0 Å². The lowest BCUT2D eigenvalue weighted by Gasteiger charge is -2.36. The minimum absolute atomic E-state index is 0.0247. The zero-order valence-electron chi connectivity index (χ0n) is 21.1. The summed E-state index contributed by atoms with van der Waals surface area (Å²) in [6, 6.07) is 25.7. The fraction of sp³-hybridized carbons (Fsp3) is 0.200. The molecule has 0 bridgehead atoms. The van der Waals surface area contributed by atoms with Crippen molar-refractivity contribution in [3.05, 3.63) is 104 Å². The minimum Gasteiger partial charge on any atom is -0.459 e. The van der Waals surface area contributed by atoms with Crippen LogP contribution in [0.4, 0.5) is 5.82 Å². The van der Waals surface area contributed by atoms with Crippen LogP contribution in [0.25, 0.3) is 22.4 Å². The number of anilines is 1. The first-order valence-electron chi connectivity index (χ1n) is 12.6. The van der Waals surface area contributed by atoms with Gasteiger partial charge in [0.05, 0.1) is 12.0 Å². The van der Waals surface area contributed by atoms with Gasteiger partial charge in [-0.3, -0.25) is 9.59 Å². The third-order valence-corrected chi connectivity index (χ3v) is 6.59. The van der Waals surface area contributed by atoms with Gasteiger partial charge in [-0.2, -0.15) is 0 Å². The summed E-state index contributed by atoms with van der Waals surface area (Å²) in [5, 5.41) is 8.90. The van der Waals surface area contributed by atoms with E-state index in [0.717, 1.165) is 22.6 Å². The second kappa shape index (κ2) is 11.6. The number of furan rings is 1. The highest BCUT2D eigenvalue weighted by molar-refractivity contribution is 5.94. The molecule has 0 spiro atoms. The number of aromatic nitrogens is 2. The molecule has 8 heteroatoms. The molecule has 0 saturated carbocycles. The number of piperazine rings is 1. The van der Waals surface area contributed by atoms with Crippen LogP contribution < -0.4 is 4.90 Å². The summed E-state index contributed by atoms with van der Waals surface area (Å²) in [5.41, 5.74) is 4.15. The van der Waals surface area contributed by atoms with Crippen molar-refractivity contribution >= 4 is 17.6 Å². The van der Waals surface area contributed by atoms with E-state index in [9.17, 15) is 9.59 Å². The summed E-state index contributed by atoms with van der Waals surface area (Å²) in [7, 11) is 0. The van der Waals surface area contributed by atoms with E-state index in [0.29, 0.717) is 26.2 Å². The van der Waals surface area contributed by atoms with Crippen LogP contribution >= 0.6 is 0 Å². The Labute approximate surface area is 221 Å². The van der Waals surface area contributed by atoms with Crippen molar-refractivity contribution in [1.82, 2.24) is 20.0 Å². The molecule has 38 heavy (non-hydrogen) atoms. The summed E-state index contributed by atoms with van der Waals surface area (Å²) in [6.45, 7) is 6.30. The van der Waals surface area contributed by atoms with Gasteiger partial charge in [0.2, 0.25) is 5.91 Å². The Hall–Kier alpha value is -4.72. The summed E-state index contributed by atoms with van der Waals surface area (Å²) in [6.07, 6.45) is 3.05. The first kappa shape index (κ1) is 25.0. The molecular formula is C30H29N5O3. The van der Waals surface area contributed by atoms with Crippen LogP contribution in [0.1, 0.15) is 10.6 Å². The van der Waals surface area contributed by atoms with Crippen molar-refractivity contribution in [2.45, 2.75) is 0 Å². The Morgan fingerprint density at radius 1 is 0.842 bits per heavy atom. The molecule has 1 fully saturated rings. The van der Waals surface area contributed by atoms with Gasteiger partial charge in [0.25, 0.3) is 5.91 Å². The van der Waals surface area contributed by atoms with Crippen LogP contribution in [0.15, 0.2) is 102 Å². The molecule has 2 aromatic carbocycles. The van der Waals surface area contributed by atoms with Gasteiger partial charge in [-0.25, -0.2) is 0 Å². The summed E-state index contributed by atoms with van der Waals surface area (Å²) < 4.78 is 5.20. The Kier molecular flexibility index (Phi) is 7.59. The Balaban J connectivity index is 1.16. The van der Waals surface area contributed by atoms with E-state index >= 15 is 0 Å². The van der Waals surface area contributed by atoms with E-state index in [1.165, 1.54) is 16.7 Å². The van der Waals surface area contributed by atoms with Crippen molar-refractivity contribution in [2.75, 3.05) is 44.2 Å². The predicted molar refractivity (Wildman–Crippen MR) is 147 cm³/mol. The standard InChI is InChI=1S/C30H29N5O3/c1-2-16-35(30(37)27-9-6-21-38-27)22-29(36)34-19-17-33(18-20-34)28-15-14-26(31-32-28)25-12-10-24(11-13-25)23-7-4-3-5-8-23/h2-15,21H,1,16-20,22H2. The molecule has 3 heterocycles. The average molecular weight is 508 g/mol. The molecule has 2 amide bonds. The number of carbonyl (C=O) groups excluding carboxylic acids is 2. The van der Waals surface area contributed by atoms with Crippen molar-refractivity contribution in [1.29, 1.82) is 0 Å². The number of amides is 2. The molecule has 0 radical (unpaired) electrons. The topological polar surface area (TPSA) is 82.8 Å². The van der Waals surface area contributed by atoms with Gasteiger partial charge in [0.15, 0.2) is 11.6 Å². The van der Waals surface area contributed by atoms with E-state index in [2.05, 4.69) is 58.1 Å². The van der Waals surface area contributed by atoms with E-state index in [4.69, 9.17) is 4.42 Å². The Morgan fingerprint density at radius 2 is 1.55 bits per heavy atom. The summed E-state index contributed by atoms with van der Waals surface area (Å²) >= 11 is 0. The lowest BCUT2D eigenvalue weighted by molar-refractivity contribution is -0.132. The second-order valence-electron chi connectivity index (χ2n) is 9.04. The lowest BCUT2D eigenvalue weighted by atomic mass is 10.0. The molecular weight excluding hydrogens is 478 g/mol. The largest absolute Gasteiger partial charge is 0.459 e. The SMILES string of the molecule is C=CCN(CC(=O)N1CCN(c2ccc(-c3ccc(-c4ccccc4)cc3)nn2)CC1)C(=O)c1ccco1. The molecule has 1 aliphatic heterocycles. The second-order valence-corrected chi connectivity index (χ2v) is 9.04. The zero-order chi connectivity index (χ0) is 26.3. The van der Waals surface area contributed by atoms with E-state index in [1.807, 2.05) is 30.3 Å². The van der Waals surface area contributed by atoms with Gasteiger partial charge in [0, 0.05) is 38.3 Å². The molecule has 0 aliphatic carbocycles. The van der Waals surface area contributed by atoms with Crippen LogP contribution in [-0.4, -0.2) is 71.1 Å². The zero-order valence-corrected chi connectivity index (χ0v) is 21.1. The molecule has 5 rings (SSSR count). The van der Waals surface area contributed by atoms with Gasteiger partial charge in [-0.05, 0) is 35.4 Å². The molecule has 8 nitrogen and oxygen atoms in total. The van der Waals surface area contributed by atoms with E-state index in [1.54, 1.807) is 23.1 Å². The molecule has 2 aromatic heterocycles. The highest BCUT2D eigenvalue weighted by atomic mass is 16.3. The first-order valence-corrected chi connectivity index (χ1v) is 12.6.